The molecule has 0 aromatic rings. The van der Waals surface area contributed by atoms with Gasteiger partial charge in [0.1, 0.15) is 12.4 Å². The number of amidine groups is 1. The topological polar surface area (TPSA) is 88.2 Å². The summed E-state index contributed by atoms with van der Waals surface area (Å²) in [7, 11) is 0. The Morgan fingerprint density at radius 3 is 2.80 bits per heavy atom. The van der Waals surface area contributed by atoms with Crippen LogP contribution in [0, 0.1) is 5.41 Å². The largest absolute Gasteiger partial charge is 0.441 e. The Bertz CT molecular complexity index is 135. The van der Waals surface area contributed by atoms with Gasteiger partial charge in [0.15, 0.2) is 0 Å². The van der Waals surface area contributed by atoms with Crippen LogP contribution in [0.15, 0.2) is 0 Å². The molecular weight excluding hydrogens is 134 g/mol. The lowest BCUT2D eigenvalue weighted by molar-refractivity contribution is 0.162. The van der Waals surface area contributed by atoms with Crippen molar-refractivity contribution in [1.82, 2.24) is 5.32 Å². The highest BCUT2D eigenvalue weighted by atomic mass is 16.5. The zero-order valence-electron chi connectivity index (χ0n) is 5.81. The van der Waals surface area contributed by atoms with E-state index in [1.807, 2.05) is 0 Å². The zero-order valence-corrected chi connectivity index (χ0v) is 5.81. The third kappa shape index (κ3) is 4.89. The molecule has 0 radical (unpaired) electrons. The summed E-state index contributed by atoms with van der Waals surface area (Å²) in [5.74, 6) is -0.161. The van der Waals surface area contributed by atoms with Crippen LogP contribution in [0.25, 0.3) is 0 Å². The molecule has 0 aromatic heterocycles. The van der Waals surface area contributed by atoms with E-state index in [9.17, 15) is 4.79 Å². The number of rotatable bonds is 3. The summed E-state index contributed by atoms with van der Waals surface area (Å²) in [6.45, 7) is 2.14. The Morgan fingerprint density at radius 2 is 2.40 bits per heavy atom. The molecule has 0 spiro atoms. The van der Waals surface area contributed by atoms with Crippen molar-refractivity contribution in [3.63, 3.8) is 0 Å². The monoisotopic (exact) mass is 145 g/mol. The molecule has 0 atom stereocenters. The van der Waals surface area contributed by atoms with E-state index in [1.165, 1.54) is 0 Å². The van der Waals surface area contributed by atoms with Gasteiger partial charge in [-0.05, 0) is 6.92 Å². The second kappa shape index (κ2) is 4.60. The number of hydrogen-bond donors (Lipinski definition) is 3. The first-order valence-electron chi connectivity index (χ1n) is 2.90. The van der Waals surface area contributed by atoms with Gasteiger partial charge >= 0.3 is 6.09 Å². The van der Waals surface area contributed by atoms with Crippen LogP contribution in [0.2, 0.25) is 0 Å². The molecule has 0 aliphatic carbocycles. The van der Waals surface area contributed by atoms with Crippen LogP contribution in [0.1, 0.15) is 6.92 Å². The van der Waals surface area contributed by atoms with E-state index in [0.29, 0.717) is 6.54 Å². The van der Waals surface area contributed by atoms with E-state index in [1.54, 1.807) is 6.92 Å². The first kappa shape index (κ1) is 8.74. The molecule has 0 saturated heterocycles. The van der Waals surface area contributed by atoms with Crippen molar-refractivity contribution in [1.29, 1.82) is 5.41 Å². The number of nitrogens with one attached hydrogen (secondary N) is 2. The Hall–Kier alpha value is -1.26. The number of alkyl carbamates (subject to hydrolysis) is 1. The Labute approximate surface area is 59.0 Å². The first-order chi connectivity index (χ1) is 4.66. The molecule has 58 valence electrons. The molecular formula is C5H11N3O2. The highest BCUT2D eigenvalue weighted by Crippen LogP contribution is 1.74. The van der Waals surface area contributed by atoms with Crippen molar-refractivity contribution in [3.8, 4) is 0 Å². The summed E-state index contributed by atoms with van der Waals surface area (Å²) >= 11 is 0. The van der Waals surface area contributed by atoms with Crippen molar-refractivity contribution in [2.24, 2.45) is 5.73 Å². The van der Waals surface area contributed by atoms with Crippen LogP contribution in [-0.4, -0.2) is 25.1 Å². The minimum Gasteiger partial charge on any atom is -0.441 e. The molecule has 0 heterocycles. The maximum absolute atomic E-state index is 10.5. The van der Waals surface area contributed by atoms with E-state index < -0.39 is 6.09 Å². The van der Waals surface area contributed by atoms with E-state index in [0.717, 1.165) is 0 Å². The molecule has 0 aromatic carbocycles. The number of nitrogens with two attached hydrogens (primary N) is 1. The van der Waals surface area contributed by atoms with Gasteiger partial charge in [0.25, 0.3) is 0 Å². The van der Waals surface area contributed by atoms with Crippen LogP contribution < -0.4 is 11.1 Å². The molecule has 0 saturated carbocycles. The Morgan fingerprint density at radius 1 is 1.80 bits per heavy atom. The lowest BCUT2D eigenvalue weighted by Crippen LogP contribution is -2.28. The minimum atomic E-state index is -0.544. The highest BCUT2D eigenvalue weighted by molar-refractivity contribution is 5.80. The van der Waals surface area contributed by atoms with Crippen molar-refractivity contribution < 1.29 is 9.53 Å². The fourth-order valence-corrected chi connectivity index (χ4v) is 0.339. The summed E-state index contributed by atoms with van der Waals surface area (Å²) in [4.78, 5) is 10.5. The molecule has 5 nitrogen and oxygen atoms in total. The lowest BCUT2D eigenvalue weighted by atomic mass is 10.7. The SMILES string of the molecule is CCNC(=O)OCC(=N)N. The smallest absolute Gasteiger partial charge is 0.407 e. The molecule has 0 bridgehead atoms. The van der Waals surface area contributed by atoms with Crippen molar-refractivity contribution in [2.45, 2.75) is 6.92 Å². The van der Waals surface area contributed by atoms with E-state index in [4.69, 9.17) is 11.1 Å². The molecule has 0 aliphatic heterocycles. The van der Waals surface area contributed by atoms with Gasteiger partial charge in [-0.25, -0.2) is 4.79 Å². The van der Waals surface area contributed by atoms with Gasteiger partial charge in [-0.15, -0.1) is 0 Å². The molecule has 0 aliphatic rings. The molecule has 0 unspecified atom stereocenters. The van der Waals surface area contributed by atoms with Gasteiger partial charge in [0.2, 0.25) is 0 Å². The zero-order chi connectivity index (χ0) is 7.98. The fraction of sp³-hybridized carbons (Fsp3) is 0.600. The number of amides is 1. The highest BCUT2D eigenvalue weighted by Gasteiger charge is 1.98. The molecule has 10 heavy (non-hydrogen) atoms. The number of hydrogen-bond acceptors (Lipinski definition) is 3. The summed E-state index contributed by atoms with van der Waals surface area (Å²) in [6, 6.07) is 0. The van der Waals surface area contributed by atoms with Crippen molar-refractivity contribution in [3.05, 3.63) is 0 Å². The summed E-state index contributed by atoms with van der Waals surface area (Å²) < 4.78 is 4.44. The third-order valence-electron chi connectivity index (χ3n) is 0.680. The maximum Gasteiger partial charge on any atom is 0.407 e. The summed E-state index contributed by atoms with van der Waals surface area (Å²) in [6.07, 6.45) is -0.544. The number of carbonyl (C=O) groups excluding carboxylic acids is 1. The van der Waals surface area contributed by atoms with Crippen LogP contribution in [0.3, 0.4) is 0 Å². The van der Waals surface area contributed by atoms with Gasteiger partial charge < -0.3 is 15.8 Å². The Balaban J connectivity index is 3.30. The second-order valence-corrected chi connectivity index (χ2v) is 1.63. The van der Waals surface area contributed by atoms with Crippen LogP contribution in [0.5, 0.6) is 0 Å². The van der Waals surface area contributed by atoms with E-state index >= 15 is 0 Å². The van der Waals surface area contributed by atoms with Gasteiger partial charge in [0, 0.05) is 6.54 Å². The van der Waals surface area contributed by atoms with Gasteiger partial charge in [-0.3, -0.25) is 5.41 Å². The van der Waals surface area contributed by atoms with Crippen molar-refractivity contribution >= 4 is 11.9 Å². The van der Waals surface area contributed by atoms with Gasteiger partial charge in [0.05, 0.1) is 0 Å². The van der Waals surface area contributed by atoms with E-state index in [-0.39, 0.29) is 12.4 Å². The quantitative estimate of drug-likeness (QED) is 0.375. The van der Waals surface area contributed by atoms with Crippen molar-refractivity contribution in [2.75, 3.05) is 13.2 Å². The molecule has 4 N–H and O–H groups in total. The van der Waals surface area contributed by atoms with Crippen LogP contribution >= 0.6 is 0 Å². The lowest BCUT2D eigenvalue weighted by Gasteiger charge is -2.02. The average Bonchev–Trinajstić information content (AvgIpc) is 1.85. The molecule has 1 amide bonds. The standard InChI is InChI=1S/C5H11N3O2/c1-2-8-5(9)10-3-4(6)7/h2-3H2,1H3,(H3,6,7)(H,8,9). The molecule has 5 heteroatoms. The average molecular weight is 145 g/mol. The second-order valence-electron chi connectivity index (χ2n) is 1.63. The Kier molecular flexibility index (Phi) is 4.02. The maximum atomic E-state index is 10.5. The van der Waals surface area contributed by atoms with E-state index in [2.05, 4.69) is 10.1 Å². The summed E-state index contributed by atoms with van der Waals surface area (Å²) in [5, 5.41) is 9.08. The van der Waals surface area contributed by atoms with Gasteiger partial charge in [-0.1, -0.05) is 0 Å². The minimum absolute atomic E-state index is 0.147. The fourth-order valence-electron chi connectivity index (χ4n) is 0.339. The summed E-state index contributed by atoms with van der Waals surface area (Å²) in [5.41, 5.74) is 4.92. The number of carbonyl (C=O) groups is 1. The molecule has 0 rings (SSSR count). The predicted molar refractivity (Wildman–Crippen MR) is 36.9 cm³/mol. The van der Waals surface area contributed by atoms with Gasteiger partial charge in [-0.2, -0.15) is 0 Å². The van der Waals surface area contributed by atoms with Crippen LogP contribution in [-0.2, 0) is 4.74 Å². The van der Waals surface area contributed by atoms with Crippen LogP contribution in [0.4, 0.5) is 4.79 Å². The number of ether oxygens (including phenoxy) is 1. The predicted octanol–water partition coefficient (Wildman–Crippen LogP) is -0.332. The third-order valence-corrected chi connectivity index (χ3v) is 0.680. The first-order valence-corrected chi connectivity index (χ1v) is 2.90. The normalized spacial score (nSPS) is 8.50. The molecule has 0 fully saturated rings.